The van der Waals surface area contributed by atoms with E-state index in [4.69, 9.17) is 14.6 Å². The molecular weight excluding hydrogens is 439 g/mol. The molecule has 0 aliphatic rings. The third kappa shape index (κ3) is 4.87. The zero-order valence-electron chi connectivity index (χ0n) is 16.7. The number of anilines is 2. The van der Waals surface area contributed by atoms with Crippen LogP contribution in [0.2, 0.25) is 0 Å². The van der Waals surface area contributed by atoms with Gasteiger partial charge < -0.3 is 25.1 Å². The molecule has 11 heteroatoms. The van der Waals surface area contributed by atoms with Crippen LogP contribution in [0.1, 0.15) is 5.56 Å². The van der Waals surface area contributed by atoms with E-state index in [0.29, 0.717) is 39.7 Å². The minimum Gasteiger partial charge on any atom is -0.483 e. The predicted molar refractivity (Wildman–Crippen MR) is 116 cm³/mol. The lowest BCUT2D eigenvalue weighted by Gasteiger charge is -2.06. The van der Waals surface area contributed by atoms with Crippen LogP contribution >= 0.6 is 0 Å². The first kappa shape index (κ1) is 21.7. The summed E-state index contributed by atoms with van der Waals surface area (Å²) >= 11 is 0. The number of pyridine rings is 1. The Labute approximate surface area is 184 Å². The number of nitrogens with zero attached hydrogens (tertiary/aromatic N) is 2. The standard InChI is InChI=1S/C21H14F3N5O.CH2O2/c22-21(23,24)12-8-15-18(11-26-19(15)25-10-12)29-20-27-16-7-6-14(9-17(16)28-20)30-13-4-2-1-3-5-13;2-1-3/h1-11H,(H,25,26)(H2,27,28,29);1H,(H,2,3). The number of nitrogens with one attached hydrogen (secondary N) is 3. The maximum Gasteiger partial charge on any atom is 0.417 e. The molecule has 0 saturated carbocycles. The normalized spacial score (nSPS) is 11.1. The first-order valence-electron chi connectivity index (χ1n) is 9.49. The molecule has 0 atom stereocenters. The van der Waals surface area contributed by atoms with Crippen LogP contribution in [0, 0.1) is 0 Å². The van der Waals surface area contributed by atoms with Gasteiger partial charge in [-0.05, 0) is 30.3 Å². The average molecular weight is 455 g/mol. The monoisotopic (exact) mass is 455 g/mol. The Kier molecular flexibility index (Phi) is 5.85. The molecule has 0 spiro atoms. The number of imidazole rings is 1. The van der Waals surface area contributed by atoms with Crippen LogP contribution in [0.3, 0.4) is 0 Å². The molecule has 4 N–H and O–H groups in total. The Morgan fingerprint density at radius 2 is 1.82 bits per heavy atom. The molecule has 0 fully saturated rings. The lowest BCUT2D eigenvalue weighted by molar-refractivity contribution is -0.137. The number of H-pyrrole nitrogens is 2. The van der Waals surface area contributed by atoms with E-state index in [-0.39, 0.29) is 6.47 Å². The quantitative estimate of drug-likeness (QED) is 0.259. The molecule has 0 radical (unpaired) electrons. The molecule has 5 aromatic rings. The van der Waals surface area contributed by atoms with E-state index in [1.165, 1.54) is 0 Å². The van der Waals surface area contributed by atoms with Crippen LogP contribution in [-0.4, -0.2) is 31.5 Å². The van der Waals surface area contributed by atoms with Crippen molar-refractivity contribution in [2.24, 2.45) is 0 Å². The average Bonchev–Trinajstić information content (AvgIpc) is 3.37. The predicted octanol–water partition coefficient (Wildman–Crippen LogP) is 5.69. The van der Waals surface area contributed by atoms with Crippen molar-refractivity contribution in [2.75, 3.05) is 5.32 Å². The molecular formula is C22H16F3N5O3. The summed E-state index contributed by atoms with van der Waals surface area (Å²) in [4.78, 5) is 22.6. The highest BCUT2D eigenvalue weighted by molar-refractivity contribution is 5.92. The molecule has 168 valence electrons. The van der Waals surface area contributed by atoms with Gasteiger partial charge in [-0.1, -0.05) is 18.2 Å². The van der Waals surface area contributed by atoms with E-state index < -0.39 is 11.7 Å². The third-order valence-electron chi connectivity index (χ3n) is 4.54. The van der Waals surface area contributed by atoms with E-state index in [2.05, 4.69) is 25.3 Å². The molecule has 33 heavy (non-hydrogen) atoms. The Morgan fingerprint density at radius 1 is 1.06 bits per heavy atom. The molecule has 0 bridgehead atoms. The number of halogens is 3. The van der Waals surface area contributed by atoms with Crippen LogP contribution in [0.25, 0.3) is 22.1 Å². The largest absolute Gasteiger partial charge is 0.483 e. The number of benzene rings is 2. The zero-order chi connectivity index (χ0) is 23.4. The van der Waals surface area contributed by atoms with Gasteiger partial charge in [-0.25, -0.2) is 9.97 Å². The van der Waals surface area contributed by atoms with Crippen LogP contribution in [0.5, 0.6) is 11.5 Å². The van der Waals surface area contributed by atoms with Gasteiger partial charge in [-0.2, -0.15) is 13.2 Å². The summed E-state index contributed by atoms with van der Waals surface area (Å²) in [6.45, 7) is -0.250. The fraction of sp³-hybridized carbons (Fsp3) is 0.0455. The van der Waals surface area contributed by atoms with E-state index >= 15 is 0 Å². The molecule has 0 amide bonds. The highest BCUT2D eigenvalue weighted by Gasteiger charge is 2.31. The van der Waals surface area contributed by atoms with Crippen molar-refractivity contribution < 1.29 is 27.8 Å². The Morgan fingerprint density at radius 3 is 2.55 bits per heavy atom. The van der Waals surface area contributed by atoms with E-state index in [1.807, 2.05) is 42.5 Å². The second-order valence-electron chi connectivity index (χ2n) is 6.73. The minimum atomic E-state index is -4.47. The van der Waals surface area contributed by atoms with Crippen molar-refractivity contribution in [3.8, 4) is 11.5 Å². The van der Waals surface area contributed by atoms with Crippen molar-refractivity contribution in [3.63, 3.8) is 0 Å². The van der Waals surface area contributed by atoms with Gasteiger partial charge in [0.2, 0.25) is 5.95 Å². The van der Waals surface area contributed by atoms with Gasteiger partial charge in [0.05, 0.1) is 22.3 Å². The van der Waals surface area contributed by atoms with Crippen molar-refractivity contribution in [2.45, 2.75) is 6.18 Å². The van der Waals surface area contributed by atoms with Crippen molar-refractivity contribution in [1.82, 2.24) is 19.9 Å². The van der Waals surface area contributed by atoms with Crippen LogP contribution in [-0.2, 0) is 11.0 Å². The number of aromatic amines is 2. The first-order valence-corrected chi connectivity index (χ1v) is 9.49. The molecule has 0 unspecified atom stereocenters. The summed E-state index contributed by atoms with van der Waals surface area (Å²) in [5.74, 6) is 1.72. The van der Waals surface area contributed by atoms with Crippen LogP contribution in [0.15, 0.2) is 67.0 Å². The van der Waals surface area contributed by atoms with Gasteiger partial charge in [0.15, 0.2) is 0 Å². The summed E-state index contributed by atoms with van der Waals surface area (Å²) < 4.78 is 44.9. The highest BCUT2D eigenvalue weighted by Crippen LogP contribution is 2.33. The number of rotatable bonds is 4. The number of hydrogen-bond donors (Lipinski definition) is 4. The molecule has 3 aromatic heterocycles. The van der Waals surface area contributed by atoms with Gasteiger partial charge in [-0.15, -0.1) is 0 Å². The van der Waals surface area contributed by atoms with Gasteiger partial charge in [0.25, 0.3) is 6.47 Å². The number of ether oxygens (including phenoxy) is 1. The van der Waals surface area contributed by atoms with Gasteiger partial charge in [0.1, 0.15) is 17.1 Å². The van der Waals surface area contributed by atoms with Crippen molar-refractivity contribution >= 4 is 40.2 Å². The molecule has 0 aliphatic carbocycles. The molecule has 0 saturated heterocycles. The lowest BCUT2D eigenvalue weighted by atomic mass is 10.2. The molecule has 3 heterocycles. The third-order valence-corrected chi connectivity index (χ3v) is 4.54. The molecule has 5 rings (SSSR count). The van der Waals surface area contributed by atoms with Gasteiger partial charge in [0, 0.05) is 23.8 Å². The SMILES string of the molecule is FC(F)(F)c1cnc2[nH]cc(Nc3nc4cc(Oc5ccccc5)ccc4[nH]3)c2c1.O=CO. The summed E-state index contributed by atoms with van der Waals surface area (Å²) in [6, 6.07) is 15.8. The maximum atomic E-state index is 13.0. The van der Waals surface area contributed by atoms with Crippen LogP contribution < -0.4 is 10.1 Å². The second-order valence-corrected chi connectivity index (χ2v) is 6.73. The molecule has 0 aliphatic heterocycles. The van der Waals surface area contributed by atoms with Crippen LogP contribution in [0.4, 0.5) is 24.8 Å². The summed E-state index contributed by atoms with van der Waals surface area (Å²) in [5, 5.41) is 10.2. The Hall–Kier alpha value is -4.54. The van der Waals surface area contributed by atoms with E-state index in [0.717, 1.165) is 17.8 Å². The number of para-hydroxylation sites is 1. The smallest absolute Gasteiger partial charge is 0.417 e. The topological polar surface area (TPSA) is 116 Å². The lowest BCUT2D eigenvalue weighted by Crippen LogP contribution is -2.05. The molecule has 2 aromatic carbocycles. The van der Waals surface area contributed by atoms with Gasteiger partial charge in [-0.3, -0.25) is 4.79 Å². The van der Waals surface area contributed by atoms with E-state index in [1.54, 1.807) is 12.3 Å². The Bertz CT molecular complexity index is 1400. The minimum absolute atomic E-state index is 0.250. The highest BCUT2D eigenvalue weighted by atomic mass is 19.4. The maximum absolute atomic E-state index is 13.0. The zero-order valence-corrected chi connectivity index (χ0v) is 16.7. The summed E-state index contributed by atoms with van der Waals surface area (Å²) in [6.07, 6.45) is -2.11. The van der Waals surface area contributed by atoms with Gasteiger partial charge >= 0.3 is 6.18 Å². The fourth-order valence-corrected chi connectivity index (χ4v) is 3.12. The number of aromatic nitrogens is 4. The second kappa shape index (κ2) is 8.91. The van der Waals surface area contributed by atoms with Crippen molar-refractivity contribution in [1.29, 1.82) is 0 Å². The summed E-state index contributed by atoms with van der Waals surface area (Å²) in [5.41, 5.74) is 1.38. The number of alkyl halides is 3. The fourth-order valence-electron chi connectivity index (χ4n) is 3.12. The summed E-state index contributed by atoms with van der Waals surface area (Å²) in [7, 11) is 0. The van der Waals surface area contributed by atoms with Crippen molar-refractivity contribution in [3.05, 3.63) is 72.6 Å². The molecule has 8 nitrogen and oxygen atoms in total. The number of carbonyl (C=O) groups is 1. The first-order chi connectivity index (χ1) is 15.9. The number of hydrogen-bond acceptors (Lipinski definition) is 5. The number of carboxylic acid groups (broad SMARTS) is 1. The Balaban J connectivity index is 0.000000821. The van der Waals surface area contributed by atoms with E-state index in [9.17, 15) is 13.2 Å². The number of fused-ring (bicyclic) bond motifs is 2.